The van der Waals surface area contributed by atoms with Crippen molar-refractivity contribution in [1.82, 2.24) is 10.2 Å². The first kappa shape index (κ1) is 16.3. The summed E-state index contributed by atoms with van der Waals surface area (Å²) < 4.78 is 0. The molecule has 2 heteroatoms. The second-order valence-electron chi connectivity index (χ2n) is 7.12. The fourth-order valence-electron chi connectivity index (χ4n) is 4.77. The quantitative estimate of drug-likeness (QED) is 0.752. The van der Waals surface area contributed by atoms with E-state index in [4.69, 9.17) is 0 Å². The van der Waals surface area contributed by atoms with Crippen LogP contribution in [0.1, 0.15) is 78.1 Å². The maximum absolute atomic E-state index is 3.74. The third-order valence-corrected chi connectivity index (χ3v) is 6.18. The molecule has 0 radical (unpaired) electrons. The molecule has 1 aliphatic heterocycles. The van der Waals surface area contributed by atoms with E-state index in [9.17, 15) is 0 Å². The summed E-state index contributed by atoms with van der Waals surface area (Å²) in [7, 11) is 2.21. The number of hydrogen-bond acceptors (Lipinski definition) is 2. The summed E-state index contributed by atoms with van der Waals surface area (Å²) >= 11 is 0. The molecule has 0 aromatic carbocycles. The van der Waals surface area contributed by atoms with Crippen LogP contribution in [-0.2, 0) is 0 Å². The molecule has 0 aromatic rings. The zero-order valence-corrected chi connectivity index (χ0v) is 14.1. The molecule has 1 saturated heterocycles. The Kier molecular flexibility index (Phi) is 6.35. The normalized spacial score (nSPS) is 25.2. The molecule has 0 bridgehead atoms. The fourth-order valence-corrected chi connectivity index (χ4v) is 4.77. The molecule has 1 atom stereocenters. The van der Waals surface area contributed by atoms with Gasteiger partial charge in [0, 0.05) is 11.6 Å². The van der Waals surface area contributed by atoms with Gasteiger partial charge in [-0.15, -0.1) is 0 Å². The van der Waals surface area contributed by atoms with Crippen molar-refractivity contribution < 1.29 is 0 Å². The molecule has 0 spiro atoms. The third-order valence-electron chi connectivity index (χ3n) is 6.18. The minimum Gasteiger partial charge on any atom is -0.315 e. The van der Waals surface area contributed by atoms with Gasteiger partial charge in [-0.3, -0.25) is 4.90 Å². The Bertz CT molecular complexity index is 261. The van der Waals surface area contributed by atoms with Gasteiger partial charge in [-0.2, -0.15) is 0 Å². The molecule has 2 aliphatic rings. The van der Waals surface area contributed by atoms with E-state index in [1.165, 1.54) is 77.3 Å². The SMILES string of the molecule is CCC(CC)CC(NC)C1(N2CCCCC2)CCCC1. The van der Waals surface area contributed by atoms with Gasteiger partial charge in [0.15, 0.2) is 0 Å². The lowest BCUT2D eigenvalue weighted by Gasteiger charge is -2.49. The Morgan fingerprint density at radius 1 is 0.950 bits per heavy atom. The Labute approximate surface area is 126 Å². The molecular weight excluding hydrogens is 244 g/mol. The number of hydrogen-bond donors (Lipinski definition) is 1. The lowest BCUT2D eigenvalue weighted by molar-refractivity contribution is 0.0307. The highest BCUT2D eigenvalue weighted by Gasteiger charge is 2.45. The number of piperidine rings is 1. The van der Waals surface area contributed by atoms with Crippen molar-refractivity contribution in [3.05, 3.63) is 0 Å². The Hall–Kier alpha value is -0.0800. The van der Waals surface area contributed by atoms with Crippen molar-refractivity contribution in [2.75, 3.05) is 20.1 Å². The molecule has 0 aromatic heterocycles. The van der Waals surface area contributed by atoms with E-state index < -0.39 is 0 Å². The van der Waals surface area contributed by atoms with Crippen LogP contribution in [0.2, 0.25) is 0 Å². The zero-order chi connectivity index (χ0) is 14.4. The fraction of sp³-hybridized carbons (Fsp3) is 1.00. The molecule has 2 nitrogen and oxygen atoms in total. The van der Waals surface area contributed by atoms with Crippen molar-refractivity contribution in [3.8, 4) is 0 Å². The predicted octanol–water partition coefficient (Wildman–Crippen LogP) is 4.20. The van der Waals surface area contributed by atoms with Crippen LogP contribution in [0, 0.1) is 5.92 Å². The number of likely N-dealkylation sites (N-methyl/N-ethyl adjacent to an activating group) is 1. The molecule has 1 saturated carbocycles. The van der Waals surface area contributed by atoms with E-state index in [2.05, 4.69) is 31.1 Å². The molecule has 1 aliphatic carbocycles. The van der Waals surface area contributed by atoms with Gasteiger partial charge >= 0.3 is 0 Å². The number of likely N-dealkylation sites (tertiary alicyclic amines) is 1. The first-order valence-electron chi connectivity index (χ1n) is 9.19. The summed E-state index contributed by atoms with van der Waals surface area (Å²) in [5, 5.41) is 3.74. The van der Waals surface area contributed by atoms with Gasteiger partial charge in [-0.05, 0) is 58.2 Å². The Morgan fingerprint density at radius 3 is 2.05 bits per heavy atom. The van der Waals surface area contributed by atoms with Crippen LogP contribution in [-0.4, -0.2) is 36.6 Å². The molecule has 1 unspecified atom stereocenters. The van der Waals surface area contributed by atoms with Gasteiger partial charge in [0.2, 0.25) is 0 Å². The van der Waals surface area contributed by atoms with E-state index in [1.54, 1.807) is 0 Å². The maximum Gasteiger partial charge on any atom is 0.0362 e. The topological polar surface area (TPSA) is 15.3 Å². The van der Waals surface area contributed by atoms with E-state index >= 15 is 0 Å². The van der Waals surface area contributed by atoms with E-state index in [0.29, 0.717) is 11.6 Å². The largest absolute Gasteiger partial charge is 0.315 e. The summed E-state index contributed by atoms with van der Waals surface area (Å²) in [5.41, 5.74) is 0.484. The van der Waals surface area contributed by atoms with Crippen LogP contribution in [0.4, 0.5) is 0 Å². The molecule has 2 rings (SSSR count). The highest BCUT2D eigenvalue weighted by atomic mass is 15.2. The van der Waals surface area contributed by atoms with E-state index in [-0.39, 0.29) is 0 Å². The monoisotopic (exact) mass is 280 g/mol. The van der Waals surface area contributed by atoms with Gasteiger partial charge in [0.05, 0.1) is 0 Å². The second kappa shape index (κ2) is 7.79. The van der Waals surface area contributed by atoms with Crippen LogP contribution in [0.5, 0.6) is 0 Å². The van der Waals surface area contributed by atoms with Crippen LogP contribution in [0.3, 0.4) is 0 Å². The number of nitrogens with one attached hydrogen (secondary N) is 1. The lowest BCUT2D eigenvalue weighted by Crippen LogP contribution is -2.60. The van der Waals surface area contributed by atoms with Crippen LogP contribution in [0.15, 0.2) is 0 Å². The average molecular weight is 280 g/mol. The van der Waals surface area contributed by atoms with Crippen molar-refractivity contribution >= 4 is 0 Å². The van der Waals surface area contributed by atoms with Crippen LogP contribution in [0.25, 0.3) is 0 Å². The first-order chi connectivity index (χ1) is 9.76. The molecule has 1 heterocycles. The maximum atomic E-state index is 3.74. The molecule has 20 heavy (non-hydrogen) atoms. The number of rotatable bonds is 7. The first-order valence-corrected chi connectivity index (χ1v) is 9.19. The molecule has 1 N–H and O–H groups in total. The third kappa shape index (κ3) is 3.39. The van der Waals surface area contributed by atoms with Gasteiger partial charge < -0.3 is 5.32 Å². The summed E-state index contributed by atoms with van der Waals surface area (Å²) in [6.07, 6.45) is 14.1. The second-order valence-corrected chi connectivity index (χ2v) is 7.12. The molecule has 0 amide bonds. The summed E-state index contributed by atoms with van der Waals surface area (Å²) in [5.74, 6) is 0.898. The molecule has 2 fully saturated rings. The van der Waals surface area contributed by atoms with Crippen LogP contribution < -0.4 is 5.32 Å². The van der Waals surface area contributed by atoms with Gasteiger partial charge in [-0.25, -0.2) is 0 Å². The standard InChI is InChI=1S/C18H36N2/c1-4-16(5-2)15-17(19-3)18(11-7-8-12-18)20-13-9-6-10-14-20/h16-17,19H,4-15H2,1-3H3. The van der Waals surface area contributed by atoms with Gasteiger partial charge in [0.1, 0.15) is 0 Å². The Morgan fingerprint density at radius 2 is 1.55 bits per heavy atom. The number of nitrogens with zero attached hydrogens (tertiary/aromatic N) is 1. The van der Waals surface area contributed by atoms with Gasteiger partial charge in [-0.1, -0.05) is 46.0 Å². The average Bonchev–Trinajstić information content (AvgIpc) is 3.00. The Balaban J connectivity index is 2.11. The summed E-state index contributed by atoms with van der Waals surface area (Å²) in [6.45, 7) is 7.42. The predicted molar refractivity (Wildman–Crippen MR) is 88.2 cm³/mol. The van der Waals surface area contributed by atoms with Crippen molar-refractivity contribution in [3.63, 3.8) is 0 Å². The van der Waals surface area contributed by atoms with E-state index in [0.717, 1.165) is 5.92 Å². The van der Waals surface area contributed by atoms with Crippen molar-refractivity contribution in [2.24, 2.45) is 5.92 Å². The van der Waals surface area contributed by atoms with Gasteiger partial charge in [0.25, 0.3) is 0 Å². The minimum atomic E-state index is 0.484. The van der Waals surface area contributed by atoms with Crippen molar-refractivity contribution in [1.29, 1.82) is 0 Å². The highest BCUT2D eigenvalue weighted by molar-refractivity contribution is 5.04. The van der Waals surface area contributed by atoms with Crippen molar-refractivity contribution in [2.45, 2.75) is 89.6 Å². The summed E-state index contributed by atoms with van der Waals surface area (Å²) in [6, 6.07) is 0.702. The smallest absolute Gasteiger partial charge is 0.0362 e. The molecule has 118 valence electrons. The zero-order valence-electron chi connectivity index (χ0n) is 14.1. The summed E-state index contributed by atoms with van der Waals surface area (Å²) in [4.78, 5) is 2.88. The highest BCUT2D eigenvalue weighted by Crippen LogP contribution is 2.41. The minimum absolute atomic E-state index is 0.484. The lowest BCUT2D eigenvalue weighted by atomic mass is 9.79. The van der Waals surface area contributed by atoms with Crippen LogP contribution >= 0.6 is 0 Å². The molecular formula is C18H36N2. The van der Waals surface area contributed by atoms with E-state index in [1.807, 2.05) is 0 Å².